The van der Waals surface area contributed by atoms with Gasteiger partial charge in [-0.1, -0.05) is 110 Å². The van der Waals surface area contributed by atoms with E-state index in [2.05, 4.69) is 41.9 Å². The average molecular weight is 679 g/mol. The Morgan fingerprint density at radius 1 is 1.00 bits per heavy atom. The summed E-state index contributed by atoms with van der Waals surface area (Å²) in [6, 6.07) is -1.01. The minimum Gasteiger partial charge on any atom is -0.454 e. The Hall–Kier alpha value is -4.05. The van der Waals surface area contributed by atoms with Crippen molar-refractivity contribution in [1.29, 1.82) is 0 Å². The van der Waals surface area contributed by atoms with Crippen molar-refractivity contribution in [2.24, 2.45) is 11.8 Å². The van der Waals surface area contributed by atoms with E-state index in [0.717, 1.165) is 36.0 Å². The van der Waals surface area contributed by atoms with Crippen LogP contribution >= 0.6 is 0 Å². The number of methoxy groups -OCH3 is 2. The van der Waals surface area contributed by atoms with Gasteiger partial charge in [-0.05, 0) is 58.4 Å². The summed E-state index contributed by atoms with van der Waals surface area (Å²) in [5.74, 6) is -1.10. The minimum absolute atomic E-state index is 0.00523. The number of cyclic esters (lactones) is 1. The smallest absolute Gasteiger partial charge is 0.331 e. The molecule has 0 aromatic heterocycles. The zero-order chi connectivity index (χ0) is 36.6. The fourth-order valence-corrected chi connectivity index (χ4v) is 4.78. The number of allylic oxidation sites excluding steroid dienone is 11. The molecule has 1 rings (SSSR count). The third kappa shape index (κ3) is 18.9. The topological polar surface area (TPSA) is 123 Å². The van der Waals surface area contributed by atoms with Crippen LogP contribution in [0, 0.1) is 11.8 Å². The van der Waals surface area contributed by atoms with Crippen molar-refractivity contribution in [2.45, 2.75) is 85.2 Å². The molecule has 0 bridgehead atoms. The fourth-order valence-electron chi connectivity index (χ4n) is 4.78. The first-order chi connectivity index (χ1) is 23.4. The average Bonchev–Trinajstić information content (AvgIpc) is 3.08. The van der Waals surface area contributed by atoms with Crippen molar-refractivity contribution >= 4 is 18.3 Å². The molecule has 0 spiro atoms. The molecule has 0 radical (unpaired) electrons. The molecule has 270 valence electrons. The molecule has 6 unspecified atom stereocenters. The Bertz CT molecular complexity index is 1320. The first-order valence-corrected chi connectivity index (χ1v) is 16.8. The third-order valence-corrected chi connectivity index (χ3v) is 7.88. The van der Waals surface area contributed by atoms with Gasteiger partial charge < -0.3 is 30.0 Å². The zero-order valence-electron chi connectivity index (χ0n) is 30.6. The molecule has 0 fully saturated rings. The number of esters is 1. The van der Waals surface area contributed by atoms with Gasteiger partial charge in [-0.3, -0.25) is 9.59 Å². The second kappa shape index (κ2) is 25.0. The number of hydrogen-bond acceptors (Lipinski definition) is 7. The van der Waals surface area contributed by atoms with Gasteiger partial charge in [0.05, 0.1) is 18.8 Å². The maximum absolute atomic E-state index is 13.0. The van der Waals surface area contributed by atoms with Crippen LogP contribution in [0.25, 0.3) is 0 Å². The van der Waals surface area contributed by atoms with E-state index < -0.39 is 30.6 Å². The van der Waals surface area contributed by atoms with Gasteiger partial charge in [0, 0.05) is 32.8 Å². The summed E-state index contributed by atoms with van der Waals surface area (Å²) in [6.45, 7) is 11.6. The molecule has 0 aromatic carbocycles. The number of carbonyl (C=O) groups is 3. The van der Waals surface area contributed by atoms with Crippen molar-refractivity contribution in [1.82, 2.24) is 10.6 Å². The van der Waals surface area contributed by atoms with Crippen LogP contribution in [0.3, 0.4) is 0 Å². The molecular weight excluding hydrogens is 620 g/mol. The lowest BCUT2D eigenvalue weighted by atomic mass is 9.96. The molecule has 6 atom stereocenters. The highest BCUT2D eigenvalue weighted by atomic mass is 16.5. The highest BCUT2D eigenvalue weighted by Crippen LogP contribution is 2.20. The molecule has 1 aliphatic rings. The Morgan fingerprint density at radius 2 is 1.69 bits per heavy atom. The fraction of sp³-hybridized carbons (Fsp3) is 0.475. The van der Waals surface area contributed by atoms with Crippen LogP contribution in [0.15, 0.2) is 107 Å². The lowest BCUT2D eigenvalue weighted by Gasteiger charge is -2.22. The van der Waals surface area contributed by atoms with Gasteiger partial charge in [0.25, 0.3) is 0 Å². The number of rotatable bonds is 10. The van der Waals surface area contributed by atoms with Crippen molar-refractivity contribution in [3.8, 4) is 0 Å². The Kier molecular flexibility index (Phi) is 21.9. The van der Waals surface area contributed by atoms with E-state index >= 15 is 0 Å². The van der Waals surface area contributed by atoms with Gasteiger partial charge >= 0.3 is 5.97 Å². The quantitative estimate of drug-likeness (QED) is 0.143. The summed E-state index contributed by atoms with van der Waals surface area (Å²) in [5, 5.41) is 14.3. The van der Waals surface area contributed by atoms with Crippen LogP contribution in [-0.4, -0.2) is 75.1 Å². The van der Waals surface area contributed by atoms with E-state index in [1.165, 1.54) is 11.6 Å². The Balaban J connectivity index is 3.31. The van der Waals surface area contributed by atoms with E-state index in [4.69, 9.17) is 14.2 Å². The Labute approximate surface area is 293 Å². The van der Waals surface area contributed by atoms with E-state index in [-0.39, 0.29) is 30.6 Å². The normalized spacial score (nSPS) is 25.3. The molecule has 9 nitrogen and oxygen atoms in total. The second-order valence-electron chi connectivity index (χ2n) is 12.3. The molecule has 3 N–H and O–H groups in total. The van der Waals surface area contributed by atoms with Crippen LogP contribution in [0.2, 0.25) is 0 Å². The molecule has 0 saturated heterocycles. The molecule has 9 heteroatoms. The predicted molar refractivity (Wildman–Crippen MR) is 197 cm³/mol. The standard InChI is InChI=1S/C40H58N2O7/c1-29-13-11-17-35(47-7)16-10-9-15-33(5)39(34(6)23-21-32(4)26-41-40(46)37(27-43)42-28-44)49-38(45)24-22-30(2)19-20-31(3)25-36(48-8)18-12-14-29/h9-10,12-16,19-25,28,30,33,35-37,39,43H,11,17-18,26-27H2,1-8H3,(H,41,46)(H,42,44)/b14-12+,15-9?,16-10?,20-19?,24-22?,29-13?,31-25?,32-21?,34-23?. The molecule has 0 saturated carbocycles. The van der Waals surface area contributed by atoms with Crippen LogP contribution in [-0.2, 0) is 28.6 Å². The molecule has 1 heterocycles. The van der Waals surface area contributed by atoms with Crippen LogP contribution in [0.5, 0.6) is 0 Å². The zero-order valence-corrected chi connectivity index (χ0v) is 30.6. The van der Waals surface area contributed by atoms with Crippen LogP contribution in [0.1, 0.15) is 60.8 Å². The van der Waals surface area contributed by atoms with Crippen molar-refractivity contribution in [2.75, 3.05) is 27.4 Å². The highest BCUT2D eigenvalue weighted by Gasteiger charge is 2.21. The highest BCUT2D eigenvalue weighted by molar-refractivity contribution is 5.84. The van der Waals surface area contributed by atoms with Gasteiger partial charge in [-0.15, -0.1) is 0 Å². The summed E-state index contributed by atoms with van der Waals surface area (Å²) in [5.41, 5.74) is 3.90. The van der Waals surface area contributed by atoms with Gasteiger partial charge in [-0.25, -0.2) is 4.79 Å². The number of aliphatic hydroxyl groups excluding tert-OH is 1. The van der Waals surface area contributed by atoms with Gasteiger partial charge in [0.15, 0.2) is 0 Å². The lowest BCUT2D eigenvalue weighted by molar-refractivity contribution is -0.142. The summed E-state index contributed by atoms with van der Waals surface area (Å²) < 4.78 is 17.3. The maximum Gasteiger partial charge on any atom is 0.331 e. The number of amides is 2. The first-order valence-electron chi connectivity index (χ1n) is 16.8. The molecule has 2 amide bonds. The van der Waals surface area contributed by atoms with Crippen LogP contribution in [0.4, 0.5) is 0 Å². The number of nitrogens with one attached hydrogen (secondary N) is 2. The van der Waals surface area contributed by atoms with E-state index in [1.54, 1.807) is 14.2 Å². The molecule has 0 aromatic rings. The van der Waals surface area contributed by atoms with Gasteiger partial charge in [0.1, 0.15) is 12.1 Å². The summed E-state index contributed by atoms with van der Waals surface area (Å²) in [4.78, 5) is 35.9. The molecule has 1 aliphatic heterocycles. The van der Waals surface area contributed by atoms with Crippen molar-refractivity contribution in [3.05, 3.63) is 107 Å². The van der Waals surface area contributed by atoms with Crippen molar-refractivity contribution in [3.63, 3.8) is 0 Å². The second-order valence-corrected chi connectivity index (χ2v) is 12.3. The van der Waals surface area contributed by atoms with E-state index in [9.17, 15) is 19.5 Å². The number of hydrogen-bond donors (Lipinski definition) is 3. The molecule has 49 heavy (non-hydrogen) atoms. The Morgan fingerprint density at radius 3 is 2.37 bits per heavy atom. The summed E-state index contributed by atoms with van der Waals surface area (Å²) in [6.07, 6.45) is 29.7. The number of carbonyl (C=O) groups excluding carboxylic acids is 3. The first kappa shape index (κ1) is 43.0. The number of ether oxygens (including phenoxy) is 3. The molecule has 0 aliphatic carbocycles. The monoisotopic (exact) mass is 678 g/mol. The summed E-state index contributed by atoms with van der Waals surface area (Å²) in [7, 11) is 3.41. The SMILES string of the molecule is COC1C=C(C)C=CC(C)C=CC(=O)OC(C(C)=CC=C(C)CNC(=O)C(CO)NC=O)C(C)C=CC=CC(OC)CCC=C(C)/C=C/C1. The summed E-state index contributed by atoms with van der Waals surface area (Å²) >= 11 is 0. The lowest BCUT2D eigenvalue weighted by Crippen LogP contribution is -2.46. The van der Waals surface area contributed by atoms with E-state index in [0.29, 0.717) is 6.41 Å². The van der Waals surface area contributed by atoms with Crippen molar-refractivity contribution < 1.29 is 33.7 Å². The maximum atomic E-state index is 13.0. The predicted octanol–water partition coefficient (Wildman–Crippen LogP) is 6.17. The minimum atomic E-state index is -1.01. The van der Waals surface area contributed by atoms with Gasteiger partial charge in [-0.2, -0.15) is 0 Å². The molecular formula is C40H58N2O7. The van der Waals surface area contributed by atoms with Crippen LogP contribution < -0.4 is 10.6 Å². The van der Waals surface area contributed by atoms with E-state index in [1.807, 2.05) is 89.3 Å². The van der Waals surface area contributed by atoms with Gasteiger partial charge in [0.2, 0.25) is 12.3 Å². The third-order valence-electron chi connectivity index (χ3n) is 7.88. The largest absolute Gasteiger partial charge is 0.454 e. The number of aliphatic hydroxyl groups is 1.